The number of aromatic nitrogens is 1. The summed E-state index contributed by atoms with van der Waals surface area (Å²) in [5, 5.41) is 12.4. The number of Topliss-reactive ketones (excluding diaryl/α,β-unsaturated/α-hetero) is 1. The van der Waals surface area contributed by atoms with E-state index in [1.54, 1.807) is 13.8 Å². The number of fused-ring (bicyclic) bond motifs is 1. The van der Waals surface area contributed by atoms with Crippen LogP contribution in [0.25, 0.3) is 10.9 Å². The van der Waals surface area contributed by atoms with Gasteiger partial charge in [0.25, 0.3) is 0 Å². The van der Waals surface area contributed by atoms with E-state index in [1.807, 2.05) is 44.3 Å². The number of nitrogens with one attached hydrogen (secondary N) is 5. The minimum absolute atomic E-state index is 0.0116. The van der Waals surface area contributed by atoms with Gasteiger partial charge in [0.15, 0.2) is 17.7 Å². The van der Waals surface area contributed by atoms with Gasteiger partial charge in [0.2, 0.25) is 17.7 Å². The molecule has 13 N–H and O–H groups in total. The summed E-state index contributed by atoms with van der Waals surface area (Å²) < 4.78 is 0. The van der Waals surface area contributed by atoms with Gasteiger partial charge in [0.05, 0.1) is 18.6 Å². The standard InChI is InChI=1S/C31H51N11O4/c1-18(2)27(44)25(15-20-16-38-22-10-6-5-9-21(20)22)41-26(43)17-39-28(45)23(11-7-13-36-30(32)33)42-29(46)24(40-19(3)4)12-8-14-37-31(34)35/h5-6,9-10,16,18-19,23-25,38,40H,7-8,11-15,17H2,1-4H3,(H,39,45)(H,41,43)(H,42,46)(H4,32,33,36)(H4,34,35,37)/t23-,24-,25-/m0/s1. The van der Waals surface area contributed by atoms with Gasteiger partial charge in [0.1, 0.15) is 6.04 Å². The molecular formula is C31H51N11O4. The van der Waals surface area contributed by atoms with Crippen molar-refractivity contribution in [2.45, 2.75) is 84.0 Å². The van der Waals surface area contributed by atoms with E-state index < -0.39 is 29.9 Å². The van der Waals surface area contributed by atoms with Crippen molar-refractivity contribution in [1.29, 1.82) is 0 Å². The van der Waals surface area contributed by atoms with Gasteiger partial charge in [-0.15, -0.1) is 0 Å². The Balaban J connectivity index is 2.10. The fourth-order valence-electron chi connectivity index (χ4n) is 4.92. The molecule has 1 aromatic heterocycles. The highest BCUT2D eigenvalue weighted by Gasteiger charge is 2.28. The molecule has 3 amide bonds. The van der Waals surface area contributed by atoms with Crippen molar-refractivity contribution in [3.05, 3.63) is 36.0 Å². The van der Waals surface area contributed by atoms with Gasteiger partial charge in [0, 0.05) is 48.6 Å². The van der Waals surface area contributed by atoms with Crippen molar-refractivity contribution in [3.8, 4) is 0 Å². The van der Waals surface area contributed by atoms with Crippen LogP contribution in [0.4, 0.5) is 0 Å². The summed E-state index contributed by atoms with van der Waals surface area (Å²) in [4.78, 5) is 63.8. The molecule has 46 heavy (non-hydrogen) atoms. The average molecular weight is 642 g/mol. The summed E-state index contributed by atoms with van der Waals surface area (Å²) in [6.45, 7) is 7.58. The third kappa shape index (κ3) is 13.1. The molecule has 15 nitrogen and oxygen atoms in total. The lowest BCUT2D eigenvalue weighted by Gasteiger charge is -2.24. The summed E-state index contributed by atoms with van der Waals surface area (Å²) in [5.74, 6) is -2.03. The van der Waals surface area contributed by atoms with Crippen molar-refractivity contribution in [3.63, 3.8) is 0 Å². The number of ketones is 1. The van der Waals surface area contributed by atoms with Crippen molar-refractivity contribution >= 4 is 46.3 Å². The van der Waals surface area contributed by atoms with Crippen LogP contribution in [-0.4, -0.2) is 84.2 Å². The SMILES string of the molecule is CC(C)N[C@@H](CCCN=C(N)N)C(=O)N[C@@H](CCCN=C(N)N)C(=O)NCC(=O)N[C@@H](Cc1c[nH]c2ccccc12)C(=O)C(C)C. The molecule has 0 unspecified atom stereocenters. The van der Waals surface area contributed by atoms with E-state index >= 15 is 0 Å². The molecule has 3 atom stereocenters. The molecule has 15 heteroatoms. The van der Waals surface area contributed by atoms with Crippen LogP contribution in [0.15, 0.2) is 40.4 Å². The number of aliphatic imine (C=N–C) groups is 2. The molecule has 0 aliphatic carbocycles. The number of rotatable bonds is 20. The summed E-state index contributed by atoms with van der Waals surface area (Å²) in [5.41, 5.74) is 23.5. The van der Waals surface area contributed by atoms with Crippen molar-refractivity contribution < 1.29 is 19.2 Å². The molecule has 2 rings (SSSR count). The highest BCUT2D eigenvalue weighted by Crippen LogP contribution is 2.20. The molecule has 0 radical (unpaired) electrons. The lowest BCUT2D eigenvalue weighted by molar-refractivity contribution is -0.132. The quantitative estimate of drug-likeness (QED) is 0.0512. The number of carbonyl (C=O) groups is 4. The van der Waals surface area contributed by atoms with E-state index in [9.17, 15) is 19.2 Å². The average Bonchev–Trinajstić information content (AvgIpc) is 3.40. The number of benzene rings is 1. The van der Waals surface area contributed by atoms with Crippen LogP contribution in [0.1, 0.15) is 58.9 Å². The van der Waals surface area contributed by atoms with Gasteiger partial charge in [-0.1, -0.05) is 45.9 Å². The van der Waals surface area contributed by atoms with Gasteiger partial charge in [-0.3, -0.25) is 29.2 Å². The van der Waals surface area contributed by atoms with Crippen molar-refractivity contribution in [1.82, 2.24) is 26.3 Å². The summed E-state index contributed by atoms with van der Waals surface area (Å²) in [6.07, 6.45) is 3.69. The molecule has 0 spiro atoms. The van der Waals surface area contributed by atoms with Gasteiger partial charge in [-0.2, -0.15) is 0 Å². The smallest absolute Gasteiger partial charge is 0.243 e. The molecule has 0 aliphatic rings. The zero-order valence-electron chi connectivity index (χ0n) is 27.3. The first-order valence-electron chi connectivity index (χ1n) is 15.6. The van der Waals surface area contributed by atoms with E-state index in [-0.39, 0.29) is 61.5 Å². The number of nitrogens with zero attached hydrogens (tertiary/aromatic N) is 2. The zero-order chi connectivity index (χ0) is 34.2. The highest BCUT2D eigenvalue weighted by molar-refractivity contribution is 5.94. The maximum absolute atomic E-state index is 13.3. The Hall–Kier alpha value is -4.66. The van der Waals surface area contributed by atoms with Crippen LogP contribution in [0, 0.1) is 5.92 Å². The first-order chi connectivity index (χ1) is 21.8. The van der Waals surface area contributed by atoms with Crippen molar-refractivity contribution in [2.75, 3.05) is 19.6 Å². The number of para-hydroxylation sites is 1. The molecule has 2 aromatic rings. The number of nitrogens with two attached hydrogens (primary N) is 4. The van der Waals surface area contributed by atoms with Crippen LogP contribution >= 0.6 is 0 Å². The van der Waals surface area contributed by atoms with Crippen LogP contribution in [0.2, 0.25) is 0 Å². The molecule has 0 fully saturated rings. The molecule has 0 saturated heterocycles. The van der Waals surface area contributed by atoms with E-state index in [2.05, 4.69) is 36.2 Å². The Labute approximate surface area is 270 Å². The van der Waals surface area contributed by atoms with E-state index in [0.717, 1.165) is 16.5 Å². The van der Waals surface area contributed by atoms with Gasteiger partial charge in [-0.25, -0.2) is 0 Å². The molecule has 1 aromatic carbocycles. The third-order valence-electron chi connectivity index (χ3n) is 7.14. The minimum atomic E-state index is -0.969. The predicted molar refractivity (Wildman–Crippen MR) is 181 cm³/mol. The molecule has 1 heterocycles. The number of guanidine groups is 2. The highest BCUT2D eigenvalue weighted by atomic mass is 16.2. The molecule has 0 bridgehead atoms. The minimum Gasteiger partial charge on any atom is -0.370 e. The Morgan fingerprint density at radius 3 is 2.00 bits per heavy atom. The maximum Gasteiger partial charge on any atom is 0.243 e. The largest absolute Gasteiger partial charge is 0.370 e. The second kappa shape index (κ2) is 19.0. The lowest BCUT2D eigenvalue weighted by Crippen LogP contribution is -2.55. The van der Waals surface area contributed by atoms with Crippen molar-refractivity contribution in [2.24, 2.45) is 38.8 Å². The fourth-order valence-corrected chi connectivity index (χ4v) is 4.92. The molecular weight excluding hydrogens is 590 g/mol. The molecule has 0 saturated carbocycles. The third-order valence-corrected chi connectivity index (χ3v) is 7.14. The first-order valence-corrected chi connectivity index (χ1v) is 15.6. The van der Waals surface area contributed by atoms with E-state index in [0.29, 0.717) is 25.8 Å². The Kier molecular flexibility index (Phi) is 15.5. The Morgan fingerprint density at radius 1 is 0.804 bits per heavy atom. The summed E-state index contributed by atoms with van der Waals surface area (Å²) in [7, 11) is 0. The Morgan fingerprint density at radius 2 is 1.41 bits per heavy atom. The maximum atomic E-state index is 13.3. The second-order valence-electron chi connectivity index (χ2n) is 11.8. The second-order valence-corrected chi connectivity index (χ2v) is 11.8. The zero-order valence-corrected chi connectivity index (χ0v) is 27.3. The Bertz CT molecular complexity index is 1360. The van der Waals surface area contributed by atoms with Crippen LogP contribution in [0.5, 0.6) is 0 Å². The number of hydrogen-bond acceptors (Lipinski definition) is 7. The topological polar surface area (TPSA) is 261 Å². The number of H-pyrrole nitrogens is 1. The monoisotopic (exact) mass is 641 g/mol. The number of carbonyl (C=O) groups excluding carboxylic acids is 4. The van der Waals surface area contributed by atoms with E-state index in [1.165, 1.54) is 0 Å². The molecule has 254 valence electrons. The number of hydrogen-bond donors (Lipinski definition) is 9. The molecule has 0 aliphatic heterocycles. The number of amides is 3. The van der Waals surface area contributed by atoms with Crippen LogP contribution in [-0.2, 0) is 25.6 Å². The lowest BCUT2D eigenvalue weighted by atomic mass is 9.95. The van der Waals surface area contributed by atoms with E-state index in [4.69, 9.17) is 22.9 Å². The van der Waals surface area contributed by atoms with Gasteiger partial charge in [-0.05, 0) is 37.3 Å². The predicted octanol–water partition coefficient (Wildman–Crippen LogP) is -0.505. The summed E-state index contributed by atoms with van der Waals surface area (Å²) >= 11 is 0. The normalized spacial score (nSPS) is 13.1. The van der Waals surface area contributed by atoms with Crippen LogP contribution in [0.3, 0.4) is 0 Å². The first kappa shape index (κ1) is 37.5. The number of aromatic amines is 1. The fraction of sp³-hybridized carbons (Fsp3) is 0.548. The van der Waals surface area contributed by atoms with Gasteiger partial charge >= 0.3 is 0 Å². The summed E-state index contributed by atoms with van der Waals surface area (Å²) in [6, 6.07) is 5.33. The van der Waals surface area contributed by atoms with Crippen LogP contribution < -0.4 is 44.2 Å². The van der Waals surface area contributed by atoms with Gasteiger partial charge < -0.3 is 49.2 Å².